The Labute approximate surface area is 95.9 Å². The minimum atomic E-state index is -4.52. The van der Waals surface area contributed by atoms with Crippen molar-refractivity contribution in [2.75, 3.05) is 7.11 Å². The van der Waals surface area contributed by atoms with E-state index in [1.165, 1.54) is 32.2 Å². The summed E-state index contributed by atoms with van der Waals surface area (Å²) >= 11 is 0. The Balaban J connectivity index is 3.34. The second kappa shape index (κ2) is 5.01. The van der Waals surface area contributed by atoms with Gasteiger partial charge in [-0.25, -0.2) is 4.79 Å². The summed E-state index contributed by atoms with van der Waals surface area (Å²) in [7, 11) is 1.28. The van der Waals surface area contributed by atoms with E-state index in [9.17, 15) is 18.0 Å². The van der Waals surface area contributed by atoms with Crippen LogP contribution in [0.15, 0.2) is 23.2 Å². The maximum Gasteiger partial charge on any atom is 0.416 e. The van der Waals surface area contributed by atoms with Gasteiger partial charge < -0.3 is 4.74 Å². The molecule has 1 rings (SSSR count). The number of aliphatic imine (C=N–C) groups is 1. The number of rotatable bonds is 3. The number of halogens is 3. The predicted molar refractivity (Wildman–Crippen MR) is 54.5 cm³/mol. The van der Waals surface area contributed by atoms with E-state index in [0.717, 1.165) is 6.07 Å². The highest BCUT2D eigenvalue weighted by atomic mass is 19.4. The molecule has 0 aliphatic heterocycles. The normalized spacial score (nSPS) is 12.8. The van der Waals surface area contributed by atoms with Gasteiger partial charge in [-0.1, -0.05) is 6.07 Å². The van der Waals surface area contributed by atoms with Crippen molar-refractivity contribution in [2.45, 2.75) is 19.1 Å². The maximum atomic E-state index is 12.8. The van der Waals surface area contributed by atoms with E-state index in [4.69, 9.17) is 4.74 Å². The summed E-state index contributed by atoms with van der Waals surface area (Å²) in [5.41, 5.74) is -0.940. The topological polar surface area (TPSA) is 38.7 Å². The average Bonchev–Trinajstić information content (AvgIpc) is 2.27. The Bertz CT molecular complexity index is 451. The molecule has 0 heterocycles. The zero-order valence-electron chi connectivity index (χ0n) is 9.21. The van der Waals surface area contributed by atoms with Crippen LogP contribution in [-0.4, -0.2) is 13.2 Å². The van der Waals surface area contributed by atoms with E-state index < -0.39 is 17.8 Å². The van der Waals surface area contributed by atoms with Crippen LogP contribution in [0, 0.1) is 0 Å². The lowest BCUT2D eigenvalue weighted by Crippen LogP contribution is -2.10. The SMILES string of the molecule is COc1ccc(C(C)N=C=O)c(C(F)(F)F)c1. The van der Waals surface area contributed by atoms with Crippen LogP contribution < -0.4 is 4.74 Å². The number of alkyl halides is 3. The molecule has 17 heavy (non-hydrogen) atoms. The van der Waals surface area contributed by atoms with E-state index in [1.807, 2.05) is 0 Å². The van der Waals surface area contributed by atoms with Gasteiger partial charge in [-0.15, -0.1) is 0 Å². The van der Waals surface area contributed by atoms with Crippen LogP contribution in [-0.2, 0) is 11.0 Å². The molecule has 0 aromatic heterocycles. The summed E-state index contributed by atoms with van der Waals surface area (Å²) in [6.45, 7) is 1.39. The fraction of sp³-hybridized carbons (Fsp3) is 0.364. The number of hydrogen-bond donors (Lipinski definition) is 0. The average molecular weight is 245 g/mol. The zero-order chi connectivity index (χ0) is 13.1. The van der Waals surface area contributed by atoms with E-state index in [2.05, 4.69) is 4.99 Å². The van der Waals surface area contributed by atoms with Crippen LogP contribution in [0.4, 0.5) is 13.2 Å². The Kier molecular flexibility index (Phi) is 3.91. The first-order valence-electron chi connectivity index (χ1n) is 4.72. The van der Waals surface area contributed by atoms with Crippen molar-refractivity contribution in [3.63, 3.8) is 0 Å². The molecule has 0 N–H and O–H groups in total. The summed E-state index contributed by atoms with van der Waals surface area (Å²) in [6.07, 6.45) is -3.27. The fourth-order valence-electron chi connectivity index (χ4n) is 1.42. The fourth-order valence-corrected chi connectivity index (χ4v) is 1.42. The monoisotopic (exact) mass is 245 g/mol. The van der Waals surface area contributed by atoms with E-state index in [0.29, 0.717) is 0 Å². The third-order valence-corrected chi connectivity index (χ3v) is 2.26. The first-order valence-corrected chi connectivity index (χ1v) is 4.72. The number of carbonyl (C=O) groups excluding carboxylic acids is 1. The predicted octanol–water partition coefficient (Wildman–Crippen LogP) is 3.11. The van der Waals surface area contributed by atoms with Crippen molar-refractivity contribution in [1.82, 2.24) is 0 Å². The molecule has 1 unspecified atom stereocenters. The van der Waals surface area contributed by atoms with Gasteiger partial charge in [-0.05, 0) is 24.6 Å². The highest BCUT2D eigenvalue weighted by Crippen LogP contribution is 2.37. The molecule has 0 aliphatic rings. The summed E-state index contributed by atoms with van der Waals surface area (Å²) in [6, 6.07) is 2.62. The minimum absolute atomic E-state index is 0.0818. The number of isocyanates is 1. The van der Waals surface area contributed by atoms with Crippen molar-refractivity contribution in [3.05, 3.63) is 29.3 Å². The molecular formula is C11H10F3NO2. The highest BCUT2D eigenvalue weighted by Gasteiger charge is 2.35. The minimum Gasteiger partial charge on any atom is -0.497 e. The number of methoxy groups -OCH3 is 1. The molecule has 6 heteroatoms. The summed E-state index contributed by atoms with van der Waals surface area (Å²) in [5, 5.41) is 0. The number of benzene rings is 1. The Morgan fingerprint density at radius 2 is 2.06 bits per heavy atom. The van der Waals surface area contributed by atoms with Gasteiger partial charge in [0.2, 0.25) is 6.08 Å². The molecule has 0 saturated heterocycles. The molecule has 0 saturated carbocycles. The van der Waals surface area contributed by atoms with E-state index in [-0.39, 0.29) is 11.3 Å². The second-order valence-corrected chi connectivity index (χ2v) is 3.35. The van der Waals surface area contributed by atoms with E-state index in [1.54, 1.807) is 0 Å². The van der Waals surface area contributed by atoms with Crippen LogP contribution >= 0.6 is 0 Å². The third-order valence-electron chi connectivity index (χ3n) is 2.26. The molecule has 0 fully saturated rings. The third kappa shape index (κ3) is 3.07. The Hall–Kier alpha value is -1.81. The molecule has 0 spiro atoms. The first kappa shape index (κ1) is 13.3. The van der Waals surface area contributed by atoms with Crippen LogP contribution in [0.2, 0.25) is 0 Å². The van der Waals surface area contributed by atoms with Crippen LogP contribution in [0.25, 0.3) is 0 Å². The van der Waals surface area contributed by atoms with Gasteiger partial charge in [-0.2, -0.15) is 18.2 Å². The molecule has 0 aliphatic carbocycles. The van der Waals surface area contributed by atoms with Gasteiger partial charge in [0, 0.05) is 0 Å². The van der Waals surface area contributed by atoms with Crippen LogP contribution in [0.3, 0.4) is 0 Å². The first-order chi connectivity index (χ1) is 7.90. The van der Waals surface area contributed by atoms with Gasteiger partial charge in [0.1, 0.15) is 5.75 Å². The van der Waals surface area contributed by atoms with Gasteiger partial charge in [-0.3, -0.25) is 0 Å². The van der Waals surface area contributed by atoms with Crippen LogP contribution in [0.5, 0.6) is 5.75 Å². The summed E-state index contributed by atoms with van der Waals surface area (Å²) < 4.78 is 43.0. The Morgan fingerprint density at radius 3 is 2.53 bits per heavy atom. The molecule has 1 aromatic carbocycles. The molecule has 0 radical (unpaired) electrons. The highest BCUT2D eigenvalue weighted by molar-refractivity contribution is 5.41. The zero-order valence-corrected chi connectivity index (χ0v) is 9.21. The lowest BCUT2D eigenvalue weighted by Gasteiger charge is -2.15. The van der Waals surface area contributed by atoms with Crippen molar-refractivity contribution in [2.24, 2.45) is 4.99 Å². The van der Waals surface area contributed by atoms with Gasteiger partial charge in [0.25, 0.3) is 0 Å². The lowest BCUT2D eigenvalue weighted by molar-refractivity contribution is -0.138. The molecule has 0 bridgehead atoms. The molecule has 1 atom stereocenters. The van der Waals surface area contributed by atoms with Crippen molar-refractivity contribution < 1.29 is 22.7 Å². The van der Waals surface area contributed by atoms with Gasteiger partial charge >= 0.3 is 6.18 Å². The smallest absolute Gasteiger partial charge is 0.416 e. The Morgan fingerprint density at radius 1 is 1.41 bits per heavy atom. The molecule has 1 aromatic rings. The van der Waals surface area contributed by atoms with Crippen molar-refractivity contribution in [1.29, 1.82) is 0 Å². The molecule has 3 nitrogen and oxygen atoms in total. The maximum absolute atomic E-state index is 12.8. The van der Waals surface area contributed by atoms with Crippen LogP contribution in [0.1, 0.15) is 24.1 Å². The molecule has 92 valence electrons. The standard InChI is InChI=1S/C11H10F3NO2/c1-7(15-6-16)9-4-3-8(17-2)5-10(9)11(12,13)14/h3-5,7H,1-2H3. The number of ether oxygens (including phenoxy) is 1. The van der Waals surface area contributed by atoms with Gasteiger partial charge in [0.05, 0.1) is 18.7 Å². The molecular weight excluding hydrogens is 235 g/mol. The number of nitrogens with zero attached hydrogens (tertiary/aromatic N) is 1. The van der Waals surface area contributed by atoms with E-state index >= 15 is 0 Å². The van der Waals surface area contributed by atoms with Crippen molar-refractivity contribution in [3.8, 4) is 5.75 Å². The molecule has 0 amide bonds. The summed E-state index contributed by atoms with van der Waals surface area (Å²) in [5.74, 6) is 0.100. The summed E-state index contributed by atoms with van der Waals surface area (Å²) in [4.78, 5) is 13.4. The second-order valence-electron chi connectivity index (χ2n) is 3.35. The van der Waals surface area contributed by atoms with Gasteiger partial charge in [0.15, 0.2) is 0 Å². The quantitative estimate of drug-likeness (QED) is 0.606. The van der Waals surface area contributed by atoms with Crippen molar-refractivity contribution >= 4 is 6.08 Å². The largest absolute Gasteiger partial charge is 0.497 e. The number of hydrogen-bond acceptors (Lipinski definition) is 3. The lowest BCUT2D eigenvalue weighted by atomic mass is 10.0.